The summed E-state index contributed by atoms with van der Waals surface area (Å²) in [6, 6.07) is 0.526. The van der Waals surface area contributed by atoms with Crippen molar-refractivity contribution in [3.05, 3.63) is 11.1 Å². The van der Waals surface area contributed by atoms with E-state index in [0.717, 1.165) is 24.2 Å². The third kappa shape index (κ3) is 3.89. The van der Waals surface area contributed by atoms with E-state index in [1.165, 1.54) is 12.8 Å². The molecule has 1 atom stereocenters. The van der Waals surface area contributed by atoms with Gasteiger partial charge in [0, 0.05) is 23.7 Å². The summed E-state index contributed by atoms with van der Waals surface area (Å²) in [5.74, 6) is 0. The standard InChI is InChI=1S/C8H14BrNO/c1-7(9)5-10-8-3-2-4-11-6-8/h8,10H,1-6H2. The van der Waals surface area contributed by atoms with E-state index < -0.39 is 0 Å². The third-order valence-corrected chi connectivity index (χ3v) is 2.02. The highest BCUT2D eigenvalue weighted by Gasteiger charge is 2.12. The minimum absolute atomic E-state index is 0.526. The zero-order valence-electron chi connectivity index (χ0n) is 6.61. The van der Waals surface area contributed by atoms with Gasteiger partial charge >= 0.3 is 0 Å². The van der Waals surface area contributed by atoms with Crippen LogP contribution in [0.25, 0.3) is 0 Å². The number of rotatable bonds is 3. The van der Waals surface area contributed by atoms with E-state index in [4.69, 9.17) is 4.74 Å². The van der Waals surface area contributed by atoms with E-state index in [2.05, 4.69) is 27.8 Å². The summed E-state index contributed by atoms with van der Waals surface area (Å²) in [6.45, 7) is 6.37. The fourth-order valence-corrected chi connectivity index (χ4v) is 1.32. The van der Waals surface area contributed by atoms with Crippen molar-refractivity contribution in [1.82, 2.24) is 5.32 Å². The number of nitrogens with one attached hydrogen (secondary N) is 1. The molecule has 0 aromatic heterocycles. The lowest BCUT2D eigenvalue weighted by Crippen LogP contribution is -2.37. The number of hydrogen-bond acceptors (Lipinski definition) is 2. The zero-order valence-corrected chi connectivity index (χ0v) is 8.19. The predicted octanol–water partition coefficient (Wildman–Crippen LogP) is 1.66. The van der Waals surface area contributed by atoms with Crippen molar-refractivity contribution < 1.29 is 4.74 Å². The first-order chi connectivity index (χ1) is 5.29. The molecule has 11 heavy (non-hydrogen) atoms. The van der Waals surface area contributed by atoms with Crippen LogP contribution in [-0.2, 0) is 4.74 Å². The van der Waals surface area contributed by atoms with Gasteiger partial charge in [-0.3, -0.25) is 0 Å². The zero-order chi connectivity index (χ0) is 8.10. The summed E-state index contributed by atoms with van der Waals surface area (Å²) in [4.78, 5) is 0. The highest BCUT2D eigenvalue weighted by molar-refractivity contribution is 9.11. The van der Waals surface area contributed by atoms with Crippen molar-refractivity contribution >= 4 is 15.9 Å². The van der Waals surface area contributed by atoms with E-state index in [0.29, 0.717) is 6.04 Å². The average Bonchev–Trinajstić information content (AvgIpc) is 2.03. The lowest BCUT2D eigenvalue weighted by Gasteiger charge is -2.22. The molecular weight excluding hydrogens is 206 g/mol. The Balaban J connectivity index is 2.09. The molecule has 1 unspecified atom stereocenters. The molecule has 0 saturated carbocycles. The second-order valence-corrected chi connectivity index (χ2v) is 3.93. The molecule has 1 heterocycles. The Morgan fingerprint density at radius 3 is 3.09 bits per heavy atom. The van der Waals surface area contributed by atoms with Crippen LogP contribution in [0, 0.1) is 0 Å². The lowest BCUT2D eigenvalue weighted by atomic mass is 10.1. The van der Waals surface area contributed by atoms with Gasteiger partial charge < -0.3 is 10.1 Å². The van der Waals surface area contributed by atoms with Gasteiger partial charge in [0.15, 0.2) is 0 Å². The fourth-order valence-electron chi connectivity index (χ4n) is 1.16. The van der Waals surface area contributed by atoms with E-state index in [9.17, 15) is 0 Å². The SMILES string of the molecule is C=C(Br)CNC1CCCOC1. The summed E-state index contributed by atoms with van der Waals surface area (Å²) in [5.41, 5.74) is 0. The molecule has 3 heteroatoms. The highest BCUT2D eigenvalue weighted by atomic mass is 79.9. The minimum atomic E-state index is 0.526. The molecule has 1 N–H and O–H groups in total. The summed E-state index contributed by atoms with van der Waals surface area (Å²) in [5, 5.41) is 3.35. The molecule has 1 fully saturated rings. The minimum Gasteiger partial charge on any atom is -0.380 e. The molecule has 0 aromatic carbocycles. The van der Waals surface area contributed by atoms with Gasteiger partial charge in [0.2, 0.25) is 0 Å². The summed E-state index contributed by atoms with van der Waals surface area (Å²) in [6.07, 6.45) is 2.40. The largest absolute Gasteiger partial charge is 0.380 e. The predicted molar refractivity (Wildman–Crippen MR) is 49.9 cm³/mol. The Bertz CT molecular complexity index is 132. The van der Waals surface area contributed by atoms with E-state index in [1.54, 1.807) is 0 Å². The number of ether oxygens (including phenoxy) is 1. The fraction of sp³-hybridized carbons (Fsp3) is 0.750. The van der Waals surface area contributed by atoms with E-state index in [1.807, 2.05) is 0 Å². The highest BCUT2D eigenvalue weighted by Crippen LogP contribution is 2.06. The first kappa shape index (κ1) is 9.23. The van der Waals surface area contributed by atoms with Crippen LogP contribution in [0.2, 0.25) is 0 Å². The molecule has 0 amide bonds. The molecule has 1 aliphatic heterocycles. The van der Waals surface area contributed by atoms with Crippen molar-refractivity contribution in [3.63, 3.8) is 0 Å². The number of halogens is 1. The third-order valence-electron chi connectivity index (χ3n) is 1.74. The Morgan fingerprint density at radius 2 is 2.55 bits per heavy atom. The Hall–Kier alpha value is 0.140. The van der Waals surface area contributed by atoms with Gasteiger partial charge in [-0.15, -0.1) is 0 Å². The first-order valence-corrected chi connectivity index (χ1v) is 4.73. The average molecular weight is 220 g/mol. The quantitative estimate of drug-likeness (QED) is 0.781. The van der Waals surface area contributed by atoms with Crippen molar-refractivity contribution in [1.29, 1.82) is 0 Å². The van der Waals surface area contributed by atoms with E-state index >= 15 is 0 Å². The van der Waals surface area contributed by atoms with Crippen molar-refractivity contribution in [2.45, 2.75) is 18.9 Å². The van der Waals surface area contributed by atoms with E-state index in [-0.39, 0.29) is 0 Å². The van der Waals surface area contributed by atoms with Crippen LogP contribution in [0.15, 0.2) is 11.1 Å². The van der Waals surface area contributed by atoms with Crippen LogP contribution >= 0.6 is 15.9 Å². The van der Waals surface area contributed by atoms with Crippen molar-refractivity contribution in [2.75, 3.05) is 19.8 Å². The van der Waals surface area contributed by atoms with Gasteiger partial charge in [0.05, 0.1) is 6.61 Å². The monoisotopic (exact) mass is 219 g/mol. The maximum Gasteiger partial charge on any atom is 0.0619 e. The molecular formula is C8H14BrNO. The molecule has 1 saturated heterocycles. The van der Waals surface area contributed by atoms with Crippen molar-refractivity contribution in [3.8, 4) is 0 Å². The molecule has 1 aliphatic rings. The molecule has 0 radical (unpaired) electrons. The summed E-state index contributed by atoms with van der Waals surface area (Å²) >= 11 is 3.30. The number of hydrogen-bond donors (Lipinski definition) is 1. The molecule has 0 spiro atoms. The van der Waals surface area contributed by atoms with Gasteiger partial charge in [-0.1, -0.05) is 22.5 Å². The smallest absolute Gasteiger partial charge is 0.0619 e. The Morgan fingerprint density at radius 1 is 1.73 bits per heavy atom. The van der Waals surface area contributed by atoms with Gasteiger partial charge in [0.1, 0.15) is 0 Å². The maximum atomic E-state index is 5.31. The maximum absolute atomic E-state index is 5.31. The summed E-state index contributed by atoms with van der Waals surface area (Å²) in [7, 11) is 0. The second-order valence-electron chi connectivity index (χ2n) is 2.81. The van der Waals surface area contributed by atoms with Crippen LogP contribution in [-0.4, -0.2) is 25.8 Å². The first-order valence-electron chi connectivity index (χ1n) is 3.93. The van der Waals surface area contributed by atoms with Gasteiger partial charge in [0.25, 0.3) is 0 Å². The lowest BCUT2D eigenvalue weighted by molar-refractivity contribution is 0.0716. The van der Waals surface area contributed by atoms with Gasteiger partial charge in [-0.25, -0.2) is 0 Å². The van der Waals surface area contributed by atoms with Crippen LogP contribution in [0.3, 0.4) is 0 Å². The Kier molecular flexibility index (Phi) is 4.12. The molecule has 0 aromatic rings. The molecule has 1 rings (SSSR count). The van der Waals surface area contributed by atoms with Crippen LogP contribution in [0.4, 0.5) is 0 Å². The van der Waals surface area contributed by atoms with Crippen molar-refractivity contribution in [2.24, 2.45) is 0 Å². The molecule has 0 bridgehead atoms. The normalized spacial score (nSPS) is 25.0. The molecule has 64 valence electrons. The van der Waals surface area contributed by atoms with Gasteiger partial charge in [-0.2, -0.15) is 0 Å². The second kappa shape index (κ2) is 4.91. The van der Waals surface area contributed by atoms with Crippen LogP contribution in [0.1, 0.15) is 12.8 Å². The molecule has 0 aliphatic carbocycles. The topological polar surface area (TPSA) is 21.3 Å². The van der Waals surface area contributed by atoms with Crippen LogP contribution in [0.5, 0.6) is 0 Å². The molecule has 2 nitrogen and oxygen atoms in total. The van der Waals surface area contributed by atoms with Gasteiger partial charge in [-0.05, 0) is 12.8 Å². The Labute approximate surface area is 76.1 Å². The van der Waals surface area contributed by atoms with Crippen LogP contribution < -0.4 is 5.32 Å². The summed E-state index contributed by atoms with van der Waals surface area (Å²) < 4.78 is 6.31.